The van der Waals surface area contributed by atoms with Crippen LogP contribution >= 0.6 is 27.3 Å². The minimum absolute atomic E-state index is 0.0305. The highest BCUT2D eigenvalue weighted by molar-refractivity contribution is 9.10. The van der Waals surface area contributed by atoms with Crippen molar-refractivity contribution in [2.45, 2.75) is 19.5 Å². The van der Waals surface area contributed by atoms with Gasteiger partial charge in [-0.25, -0.2) is 4.98 Å². The van der Waals surface area contributed by atoms with Crippen LogP contribution in [0, 0.1) is 0 Å². The Morgan fingerprint density at radius 1 is 1.18 bits per heavy atom. The molecule has 1 aliphatic rings. The van der Waals surface area contributed by atoms with E-state index in [9.17, 15) is 4.79 Å². The van der Waals surface area contributed by atoms with Gasteiger partial charge in [0.25, 0.3) is 5.91 Å². The number of anilines is 1. The SMILES string of the molecule is O=C(COc1ccc(Br)cc1)Nc1nc2c(s1)C[NH+](Cc1ccccc1)CC2. The Balaban J connectivity index is 1.31. The molecule has 0 fully saturated rings. The predicted molar refractivity (Wildman–Crippen MR) is 114 cm³/mol. The number of hydrogen-bond acceptors (Lipinski definition) is 4. The first-order valence-corrected chi connectivity index (χ1v) is 10.8. The van der Waals surface area contributed by atoms with Gasteiger partial charge in [0.1, 0.15) is 18.8 Å². The number of quaternary nitrogens is 1. The number of carbonyl (C=O) groups is 1. The first-order chi connectivity index (χ1) is 13.7. The summed E-state index contributed by atoms with van der Waals surface area (Å²) in [6.07, 6.45) is 0.944. The fourth-order valence-corrected chi connectivity index (χ4v) is 4.61. The van der Waals surface area contributed by atoms with Crippen LogP contribution < -0.4 is 15.0 Å². The Kier molecular flexibility index (Phi) is 6.04. The first-order valence-electron chi connectivity index (χ1n) is 9.20. The summed E-state index contributed by atoms with van der Waals surface area (Å²) in [5.74, 6) is 0.472. The van der Waals surface area contributed by atoms with E-state index in [-0.39, 0.29) is 12.5 Å². The molecule has 1 amide bonds. The molecule has 0 bridgehead atoms. The number of nitrogens with one attached hydrogen (secondary N) is 2. The molecular formula is C21H21BrN3O2S+. The van der Waals surface area contributed by atoms with Crippen molar-refractivity contribution < 1.29 is 14.4 Å². The molecule has 1 aliphatic heterocycles. The number of benzene rings is 2. The molecule has 0 saturated heterocycles. The molecule has 5 nitrogen and oxygen atoms in total. The lowest BCUT2D eigenvalue weighted by Crippen LogP contribution is -3.10. The van der Waals surface area contributed by atoms with Crippen LogP contribution in [-0.2, 0) is 24.3 Å². The summed E-state index contributed by atoms with van der Waals surface area (Å²) in [7, 11) is 0. The lowest BCUT2D eigenvalue weighted by Gasteiger charge is -2.22. The number of ether oxygens (including phenoxy) is 1. The summed E-state index contributed by atoms with van der Waals surface area (Å²) in [6.45, 7) is 3.00. The van der Waals surface area contributed by atoms with Crippen molar-refractivity contribution in [2.75, 3.05) is 18.5 Å². The zero-order valence-corrected chi connectivity index (χ0v) is 17.7. The van der Waals surface area contributed by atoms with Gasteiger partial charge in [0.05, 0.1) is 17.1 Å². The third kappa shape index (κ3) is 4.98. The molecule has 28 heavy (non-hydrogen) atoms. The van der Waals surface area contributed by atoms with Crippen molar-refractivity contribution in [3.8, 4) is 5.75 Å². The van der Waals surface area contributed by atoms with E-state index in [1.54, 1.807) is 11.3 Å². The van der Waals surface area contributed by atoms with Crippen molar-refractivity contribution in [2.24, 2.45) is 0 Å². The summed E-state index contributed by atoms with van der Waals surface area (Å²) in [5, 5.41) is 3.53. The molecule has 0 radical (unpaired) electrons. The lowest BCUT2D eigenvalue weighted by atomic mass is 10.1. The van der Waals surface area contributed by atoms with Crippen molar-refractivity contribution in [3.63, 3.8) is 0 Å². The largest absolute Gasteiger partial charge is 0.484 e. The summed E-state index contributed by atoms with van der Waals surface area (Å²) in [5.41, 5.74) is 2.47. The van der Waals surface area contributed by atoms with Crippen LogP contribution in [0.5, 0.6) is 5.75 Å². The van der Waals surface area contributed by atoms with E-state index in [0.717, 1.165) is 36.2 Å². The van der Waals surface area contributed by atoms with Crippen LogP contribution in [0.15, 0.2) is 59.1 Å². The van der Waals surface area contributed by atoms with E-state index in [1.807, 2.05) is 30.3 Å². The fraction of sp³-hybridized carbons (Fsp3) is 0.238. The molecule has 1 unspecified atom stereocenters. The predicted octanol–water partition coefficient (Wildman–Crippen LogP) is 3.06. The molecular weight excluding hydrogens is 438 g/mol. The number of nitrogens with zero attached hydrogens (tertiary/aromatic N) is 1. The number of fused-ring (bicyclic) bond motifs is 1. The molecule has 2 heterocycles. The number of amides is 1. The maximum Gasteiger partial charge on any atom is 0.264 e. The summed E-state index contributed by atoms with van der Waals surface area (Å²) in [6, 6.07) is 18.0. The molecule has 2 N–H and O–H groups in total. The Morgan fingerprint density at radius 3 is 2.75 bits per heavy atom. The maximum atomic E-state index is 12.2. The van der Waals surface area contributed by atoms with Crippen molar-refractivity contribution in [1.82, 2.24) is 4.98 Å². The average Bonchev–Trinajstić information content (AvgIpc) is 3.10. The van der Waals surface area contributed by atoms with Gasteiger partial charge in [-0.15, -0.1) is 0 Å². The molecule has 4 rings (SSSR count). The monoisotopic (exact) mass is 458 g/mol. The van der Waals surface area contributed by atoms with Gasteiger partial charge in [-0.05, 0) is 24.3 Å². The Hall–Kier alpha value is -2.22. The van der Waals surface area contributed by atoms with E-state index in [4.69, 9.17) is 4.74 Å². The normalized spacial score (nSPS) is 15.7. The summed E-state index contributed by atoms with van der Waals surface area (Å²) < 4.78 is 6.49. The van der Waals surface area contributed by atoms with E-state index in [1.165, 1.54) is 15.3 Å². The Morgan fingerprint density at radius 2 is 1.96 bits per heavy atom. The zero-order chi connectivity index (χ0) is 19.3. The van der Waals surface area contributed by atoms with E-state index in [2.05, 4.69) is 50.5 Å². The van der Waals surface area contributed by atoms with Gasteiger partial charge in [-0.1, -0.05) is 57.6 Å². The molecule has 0 saturated carbocycles. The van der Waals surface area contributed by atoms with Crippen molar-refractivity contribution >= 4 is 38.3 Å². The Bertz CT molecular complexity index is 944. The number of hydrogen-bond donors (Lipinski definition) is 2. The van der Waals surface area contributed by atoms with Crippen LogP contribution in [0.3, 0.4) is 0 Å². The van der Waals surface area contributed by atoms with Gasteiger partial charge in [-0.3, -0.25) is 10.1 Å². The second kappa shape index (κ2) is 8.86. The van der Waals surface area contributed by atoms with Crippen LogP contribution in [0.1, 0.15) is 16.1 Å². The van der Waals surface area contributed by atoms with Gasteiger partial charge in [-0.2, -0.15) is 0 Å². The summed E-state index contributed by atoms with van der Waals surface area (Å²) in [4.78, 5) is 19.6. The standard InChI is InChI=1S/C21H20BrN3O2S/c22-16-6-8-17(9-7-16)27-14-20(26)24-21-23-18-10-11-25(13-19(18)28-21)12-15-4-2-1-3-5-15/h1-9H,10-14H2,(H,23,24,26)/p+1. The molecule has 7 heteroatoms. The highest BCUT2D eigenvalue weighted by Gasteiger charge is 2.24. The topological polar surface area (TPSA) is 55.7 Å². The molecule has 144 valence electrons. The van der Waals surface area contributed by atoms with Gasteiger partial charge < -0.3 is 9.64 Å². The van der Waals surface area contributed by atoms with E-state index in [0.29, 0.717) is 10.9 Å². The Labute approximate surface area is 176 Å². The van der Waals surface area contributed by atoms with Gasteiger partial charge in [0, 0.05) is 16.5 Å². The average molecular weight is 459 g/mol. The van der Waals surface area contributed by atoms with E-state index < -0.39 is 0 Å². The smallest absolute Gasteiger partial charge is 0.264 e. The highest BCUT2D eigenvalue weighted by atomic mass is 79.9. The number of carbonyl (C=O) groups excluding carboxylic acids is 1. The molecule has 0 aliphatic carbocycles. The zero-order valence-electron chi connectivity index (χ0n) is 15.3. The second-order valence-corrected chi connectivity index (χ2v) is 8.77. The van der Waals surface area contributed by atoms with Crippen LogP contribution in [-0.4, -0.2) is 24.0 Å². The third-order valence-electron chi connectivity index (χ3n) is 4.63. The second-order valence-electron chi connectivity index (χ2n) is 6.77. The van der Waals surface area contributed by atoms with Crippen LogP contribution in [0.4, 0.5) is 5.13 Å². The number of thiazole rings is 1. The molecule has 3 aromatic rings. The lowest BCUT2D eigenvalue weighted by molar-refractivity contribution is -0.929. The quantitative estimate of drug-likeness (QED) is 0.596. The molecule has 0 spiro atoms. The highest BCUT2D eigenvalue weighted by Crippen LogP contribution is 2.24. The number of aromatic nitrogens is 1. The van der Waals surface area contributed by atoms with Gasteiger partial charge >= 0.3 is 0 Å². The molecule has 1 atom stereocenters. The van der Waals surface area contributed by atoms with Gasteiger partial charge in [0.2, 0.25) is 0 Å². The number of halogens is 1. The molecule has 2 aromatic carbocycles. The third-order valence-corrected chi connectivity index (χ3v) is 6.17. The van der Waals surface area contributed by atoms with Crippen molar-refractivity contribution in [1.29, 1.82) is 0 Å². The van der Waals surface area contributed by atoms with E-state index >= 15 is 0 Å². The summed E-state index contributed by atoms with van der Waals surface area (Å²) >= 11 is 4.95. The number of rotatable bonds is 6. The maximum absolute atomic E-state index is 12.2. The molecule has 1 aromatic heterocycles. The fourth-order valence-electron chi connectivity index (χ4n) is 3.25. The van der Waals surface area contributed by atoms with Crippen LogP contribution in [0.2, 0.25) is 0 Å². The first kappa shape index (κ1) is 19.1. The minimum Gasteiger partial charge on any atom is -0.484 e. The van der Waals surface area contributed by atoms with Crippen LogP contribution in [0.25, 0.3) is 0 Å². The van der Waals surface area contributed by atoms with Gasteiger partial charge in [0.15, 0.2) is 11.7 Å². The van der Waals surface area contributed by atoms with Crippen molar-refractivity contribution in [3.05, 3.63) is 75.2 Å². The minimum atomic E-state index is -0.192.